The molecule has 0 unspecified atom stereocenters. The molecule has 0 radical (unpaired) electrons. The summed E-state index contributed by atoms with van der Waals surface area (Å²) in [6.45, 7) is 4.82. The van der Waals surface area contributed by atoms with Crippen LogP contribution in [0.2, 0.25) is 0 Å². The molecule has 15 heavy (non-hydrogen) atoms. The zero-order chi connectivity index (χ0) is 10.8. The predicted molar refractivity (Wildman–Crippen MR) is 68.2 cm³/mol. The topological polar surface area (TPSA) is 12.0 Å². The molecule has 1 fully saturated rings. The SMILES string of the molecule is CCCCCCCCCNCC1CCC1. The zero-order valence-corrected chi connectivity index (χ0v) is 10.6. The molecule has 0 amide bonds. The van der Waals surface area contributed by atoms with Crippen LogP contribution in [0.5, 0.6) is 0 Å². The summed E-state index contributed by atoms with van der Waals surface area (Å²) in [5.41, 5.74) is 0. The zero-order valence-electron chi connectivity index (χ0n) is 10.6. The fraction of sp³-hybridized carbons (Fsp3) is 1.00. The van der Waals surface area contributed by atoms with Crippen molar-refractivity contribution in [3.63, 3.8) is 0 Å². The third-order valence-corrected chi connectivity index (χ3v) is 3.61. The van der Waals surface area contributed by atoms with E-state index in [1.807, 2.05) is 0 Å². The van der Waals surface area contributed by atoms with E-state index >= 15 is 0 Å². The van der Waals surface area contributed by atoms with Crippen LogP contribution in [-0.4, -0.2) is 13.1 Å². The second-order valence-electron chi connectivity index (χ2n) is 5.12. The Bertz CT molecular complexity index is 129. The molecule has 0 aromatic heterocycles. The number of nitrogens with one attached hydrogen (secondary N) is 1. The van der Waals surface area contributed by atoms with E-state index in [-0.39, 0.29) is 0 Å². The van der Waals surface area contributed by atoms with Crippen molar-refractivity contribution in [1.82, 2.24) is 5.32 Å². The smallest absolute Gasteiger partial charge is 0.00205 e. The highest BCUT2D eigenvalue weighted by Gasteiger charge is 2.15. The average Bonchev–Trinajstić information content (AvgIpc) is 2.18. The molecule has 0 aromatic carbocycles. The first kappa shape index (κ1) is 13.0. The van der Waals surface area contributed by atoms with Crippen LogP contribution in [0.25, 0.3) is 0 Å². The van der Waals surface area contributed by atoms with Gasteiger partial charge in [0.25, 0.3) is 0 Å². The lowest BCUT2D eigenvalue weighted by Gasteiger charge is -2.25. The van der Waals surface area contributed by atoms with E-state index in [4.69, 9.17) is 0 Å². The summed E-state index contributed by atoms with van der Waals surface area (Å²) in [7, 11) is 0. The van der Waals surface area contributed by atoms with Crippen molar-refractivity contribution < 1.29 is 0 Å². The lowest BCUT2D eigenvalue weighted by molar-refractivity contribution is 0.301. The molecular weight excluding hydrogens is 182 g/mol. The number of unbranched alkanes of at least 4 members (excludes halogenated alkanes) is 6. The van der Waals surface area contributed by atoms with Crippen molar-refractivity contribution in [2.75, 3.05) is 13.1 Å². The van der Waals surface area contributed by atoms with Crippen LogP contribution in [0.3, 0.4) is 0 Å². The predicted octanol–water partition coefficient (Wildman–Crippen LogP) is 4.13. The summed E-state index contributed by atoms with van der Waals surface area (Å²) in [6.07, 6.45) is 14.4. The Morgan fingerprint density at radius 1 is 0.933 bits per heavy atom. The molecule has 0 bridgehead atoms. The molecule has 0 atom stereocenters. The minimum Gasteiger partial charge on any atom is -0.316 e. The Hall–Kier alpha value is -0.0400. The highest BCUT2D eigenvalue weighted by Crippen LogP contribution is 2.25. The van der Waals surface area contributed by atoms with Gasteiger partial charge in [-0.2, -0.15) is 0 Å². The van der Waals surface area contributed by atoms with E-state index in [0.29, 0.717) is 0 Å². The van der Waals surface area contributed by atoms with Crippen molar-refractivity contribution in [3.05, 3.63) is 0 Å². The van der Waals surface area contributed by atoms with Crippen molar-refractivity contribution in [2.24, 2.45) is 5.92 Å². The second-order valence-corrected chi connectivity index (χ2v) is 5.12. The van der Waals surface area contributed by atoms with Crippen molar-refractivity contribution in [2.45, 2.75) is 71.1 Å². The van der Waals surface area contributed by atoms with Gasteiger partial charge in [-0.05, 0) is 38.3 Å². The lowest BCUT2D eigenvalue weighted by Crippen LogP contribution is -2.27. The largest absolute Gasteiger partial charge is 0.316 e. The van der Waals surface area contributed by atoms with E-state index in [2.05, 4.69) is 12.2 Å². The van der Waals surface area contributed by atoms with E-state index in [0.717, 1.165) is 5.92 Å². The first-order valence-electron chi connectivity index (χ1n) is 7.14. The van der Waals surface area contributed by atoms with Crippen molar-refractivity contribution in [1.29, 1.82) is 0 Å². The molecule has 0 aliphatic heterocycles. The van der Waals surface area contributed by atoms with Crippen LogP contribution in [0.4, 0.5) is 0 Å². The normalized spacial score (nSPS) is 16.6. The maximum absolute atomic E-state index is 3.59. The number of rotatable bonds is 10. The monoisotopic (exact) mass is 211 g/mol. The minimum absolute atomic E-state index is 1.02. The van der Waals surface area contributed by atoms with Crippen molar-refractivity contribution in [3.8, 4) is 0 Å². The van der Waals surface area contributed by atoms with Crippen molar-refractivity contribution >= 4 is 0 Å². The molecule has 0 heterocycles. The molecule has 0 saturated heterocycles. The molecule has 1 nitrogen and oxygen atoms in total. The van der Waals surface area contributed by atoms with Crippen LogP contribution in [0, 0.1) is 5.92 Å². The standard InChI is InChI=1S/C14H29N/c1-2-3-4-5-6-7-8-12-15-13-14-10-9-11-14/h14-15H,2-13H2,1H3. The van der Waals surface area contributed by atoms with Gasteiger partial charge in [0.1, 0.15) is 0 Å². The van der Waals surface area contributed by atoms with Gasteiger partial charge < -0.3 is 5.32 Å². The van der Waals surface area contributed by atoms with Gasteiger partial charge in [0.05, 0.1) is 0 Å². The molecule has 90 valence electrons. The van der Waals surface area contributed by atoms with Gasteiger partial charge >= 0.3 is 0 Å². The Morgan fingerprint density at radius 3 is 2.20 bits per heavy atom. The quantitative estimate of drug-likeness (QED) is 0.536. The van der Waals surface area contributed by atoms with E-state index in [9.17, 15) is 0 Å². The van der Waals surface area contributed by atoms with Gasteiger partial charge in [-0.25, -0.2) is 0 Å². The van der Waals surface area contributed by atoms with Gasteiger partial charge in [-0.1, -0.05) is 51.9 Å². The van der Waals surface area contributed by atoms with Gasteiger partial charge in [-0.15, -0.1) is 0 Å². The Labute approximate surface area is 96.0 Å². The summed E-state index contributed by atoms with van der Waals surface area (Å²) in [5, 5.41) is 3.59. The molecule has 1 saturated carbocycles. The molecule has 1 aliphatic carbocycles. The van der Waals surface area contributed by atoms with Crippen LogP contribution >= 0.6 is 0 Å². The van der Waals surface area contributed by atoms with E-state index < -0.39 is 0 Å². The maximum Gasteiger partial charge on any atom is -0.00205 e. The third-order valence-electron chi connectivity index (χ3n) is 3.61. The Balaban J connectivity index is 1.66. The molecule has 1 N–H and O–H groups in total. The van der Waals surface area contributed by atoms with E-state index in [1.54, 1.807) is 0 Å². The average molecular weight is 211 g/mol. The van der Waals surface area contributed by atoms with Crippen LogP contribution in [0.15, 0.2) is 0 Å². The summed E-state index contributed by atoms with van der Waals surface area (Å²) in [6, 6.07) is 0. The Kier molecular flexibility index (Phi) is 7.99. The fourth-order valence-corrected chi connectivity index (χ4v) is 2.21. The van der Waals surface area contributed by atoms with Gasteiger partial charge in [-0.3, -0.25) is 0 Å². The first-order valence-corrected chi connectivity index (χ1v) is 7.14. The maximum atomic E-state index is 3.59. The van der Waals surface area contributed by atoms with Crippen LogP contribution in [-0.2, 0) is 0 Å². The molecule has 1 aliphatic rings. The third kappa shape index (κ3) is 6.94. The van der Waals surface area contributed by atoms with Gasteiger partial charge in [0.15, 0.2) is 0 Å². The summed E-state index contributed by atoms with van der Waals surface area (Å²) < 4.78 is 0. The molecule has 0 aromatic rings. The van der Waals surface area contributed by atoms with E-state index in [1.165, 1.54) is 77.3 Å². The summed E-state index contributed by atoms with van der Waals surface area (Å²) in [5.74, 6) is 1.02. The van der Waals surface area contributed by atoms with Gasteiger partial charge in [0.2, 0.25) is 0 Å². The minimum atomic E-state index is 1.02. The highest BCUT2D eigenvalue weighted by atomic mass is 14.9. The highest BCUT2D eigenvalue weighted by molar-refractivity contribution is 4.71. The number of hydrogen-bond donors (Lipinski definition) is 1. The van der Waals surface area contributed by atoms with Crippen LogP contribution < -0.4 is 5.32 Å². The summed E-state index contributed by atoms with van der Waals surface area (Å²) >= 11 is 0. The lowest BCUT2D eigenvalue weighted by atomic mass is 9.85. The van der Waals surface area contributed by atoms with Crippen LogP contribution in [0.1, 0.15) is 71.1 Å². The Morgan fingerprint density at radius 2 is 1.60 bits per heavy atom. The second kappa shape index (κ2) is 9.21. The first-order chi connectivity index (χ1) is 7.43. The molecule has 0 spiro atoms. The summed E-state index contributed by atoms with van der Waals surface area (Å²) in [4.78, 5) is 0. The molecular formula is C14H29N. The number of hydrogen-bond acceptors (Lipinski definition) is 1. The van der Waals surface area contributed by atoms with Gasteiger partial charge in [0, 0.05) is 0 Å². The molecule has 1 rings (SSSR count). The molecule has 1 heteroatoms. The fourth-order valence-electron chi connectivity index (χ4n) is 2.21.